The fourth-order valence-corrected chi connectivity index (χ4v) is 0.787. The van der Waals surface area contributed by atoms with Gasteiger partial charge in [-0.3, -0.25) is 0 Å². The maximum Gasteiger partial charge on any atom is 0.129 e. The molecule has 54 valence electrons. The van der Waals surface area contributed by atoms with Crippen LogP contribution in [0.2, 0.25) is 0 Å². The van der Waals surface area contributed by atoms with Gasteiger partial charge in [0.05, 0.1) is 0 Å². The summed E-state index contributed by atoms with van der Waals surface area (Å²) in [6, 6.07) is 0. The Morgan fingerprint density at radius 1 is 1.67 bits per heavy atom. The molecule has 0 spiro atoms. The molecule has 9 heavy (non-hydrogen) atoms. The molecule has 0 amide bonds. The van der Waals surface area contributed by atoms with E-state index >= 15 is 0 Å². The topological polar surface area (TPSA) is 17.1 Å². The van der Waals surface area contributed by atoms with Crippen molar-refractivity contribution < 1.29 is 4.79 Å². The van der Waals surface area contributed by atoms with Gasteiger partial charge < -0.3 is 4.79 Å². The van der Waals surface area contributed by atoms with Crippen molar-refractivity contribution in [2.45, 2.75) is 38.5 Å². The van der Waals surface area contributed by atoms with E-state index in [1.165, 1.54) is 0 Å². The number of rotatable bonds is 4. The smallest absolute Gasteiger partial charge is 0.129 e. The van der Waals surface area contributed by atoms with Crippen molar-refractivity contribution in [1.29, 1.82) is 0 Å². The fourth-order valence-electron chi connectivity index (χ4n) is 0.632. The van der Waals surface area contributed by atoms with Gasteiger partial charge in [-0.25, -0.2) is 0 Å². The third-order valence-electron chi connectivity index (χ3n) is 1.13. The van der Waals surface area contributed by atoms with Crippen molar-refractivity contribution in [2.24, 2.45) is 0 Å². The first kappa shape index (κ1) is 8.96. The molecule has 1 nitrogen and oxygen atoms in total. The second kappa shape index (κ2) is 4.80. The van der Waals surface area contributed by atoms with Crippen LogP contribution >= 0.6 is 11.6 Å². The van der Waals surface area contributed by atoms with Crippen LogP contribution in [0, 0.1) is 0 Å². The van der Waals surface area contributed by atoms with E-state index in [-0.39, 0.29) is 11.2 Å². The molecule has 0 radical (unpaired) electrons. The SMILES string of the molecule is CC(=O)CCCC(C)Cl. The third kappa shape index (κ3) is 7.96. The highest BCUT2D eigenvalue weighted by Crippen LogP contribution is 2.05. The van der Waals surface area contributed by atoms with E-state index in [9.17, 15) is 4.79 Å². The molecule has 0 aliphatic heterocycles. The number of alkyl halides is 1. The van der Waals surface area contributed by atoms with Crippen LogP contribution in [-0.2, 0) is 4.79 Å². The largest absolute Gasteiger partial charge is 0.300 e. The van der Waals surface area contributed by atoms with Crippen LogP contribution in [0.15, 0.2) is 0 Å². The highest BCUT2D eigenvalue weighted by atomic mass is 35.5. The molecule has 0 fully saturated rings. The monoisotopic (exact) mass is 148 g/mol. The van der Waals surface area contributed by atoms with Gasteiger partial charge in [-0.2, -0.15) is 0 Å². The lowest BCUT2D eigenvalue weighted by Gasteiger charge is -1.98. The van der Waals surface area contributed by atoms with Crippen molar-refractivity contribution in [1.82, 2.24) is 0 Å². The summed E-state index contributed by atoms with van der Waals surface area (Å²) in [6.45, 7) is 3.56. The molecule has 0 aliphatic carbocycles. The standard InChI is InChI=1S/C7H13ClO/c1-6(8)4-3-5-7(2)9/h6H,3-5H2,1-2H3. The molecule has 0 aliphatic rings. The summed E-state index contributed by atoms with van der Waals surface area (Å²) in [6.07, 6.45) is 2.55. The Morgan fingerprint density at radius 2 is 2.22 bits per heavy atom. The van der Waals surface area contributed by atoms with E-state index in [1.54, 1.807) is 6.92 Å². The first-order valence-electron chi connectivity index (χ1n) is 3.26. The first-order valence-corrected chi connectivity index (χ1v) is 3.70. The van der Waals surface area contributed by atoms with Crippen LogP contribution in [0.1, 0.15) is 33.1 Å². The minimum absolute atomic E-state index is 0.212. The molecule has 0 N–H and O–H groups in total. The fraction of sp³-hybridized carbons (Fsp3) is 0.857. The summed E-state index contributed by atoms with van der Waals surface area (Å²) in [5.41, 5.74) is 0. The Hall–Kier alpha value is -0.0400. The molecule has 0 heterocycles. The van der Waals surface area contributed by atoms with Crippen LogP contribution in [0.4, 0.5) is 0 Å². The van der Waals surface area contributed by atoms with Crippen LogP contribution in [0.3, 0.4) is 0 Å². The Labute approximate surface area is 61.4 Å². The summed E-state index contributed by atoms with van der Waals surface area (Å²) in [5, 5.41) is 0.212. The molecular formula is C7H13ClO. The summed E-state index contributed by atoms with van der Waals surface area (Å²) in [4.78, 5) is 10.4. The Morgan fingerprint density at radius 3 is 2.56 bits per heavy atom. The van der Waals surface area contributed by atoms with E-state index in [1.807, 2.05) is 6.92 Å². The zero-order valence-electron chi connectivity index (χ0n) is 5.98. The number of Topliss-reactive ketones (excluding diaryl/α,β-unsaturated/α-hetero) is 1. The lowest BCUT2D eigenvalue weighted by molar-refractivity contribution is -0.117. The second-order valence-electron chi connectivity index (χ2n) is 2.38. The molecule has 2 heteroatoms. The predicted octanol–water partition coefficient (Wildman–Crippen LogP) is 2.37. The molecule has 0 bridgehead atoms. The number of ketones is 1. The van der Waals surface area contributed by atoms with Crippen molar-refractivity contribution in [3.8, 4) is 0 Å². The number of hydrogen-bond donors (Lipinski definition) is 0. The molecule has 0 aromatic carbocycles. The lowest BCUT2D eigenvalue weighted by Crippen LogP contribution is -1.94. The lowest BCUT2D eigenvalue weighted by atomic mass is 10.1. The highest BCUT2D eigenvalue weighted by Gasteiger charge is 1.97. The van der Waals surface area contributed by atoms with Gasteiger partial charge in [0.2, 0.25) is 0 Å². The van der Waals surface area contributed by atoms with E-state index in [0.29, 0.717) is 6.42 Å². The van der Waals surface area contributed by atoms with Crippen LogP contribution in [-0.4, -0.2) is 11.2 Å². The third-order valence-corrected chi connectivity index (χ3v) is 1.35. The molecule has 1 atom stereocenters. The number of carbonyl (C=O) groups excluding carboxylic acids is 1. The van der Waals surface area contributed by atoms with E-state index in [4.69, 9.17) is 11.6 Å². The molecule has 0 saturated heterocycles. The van der Waals surface area contributed by atoms with E-state index < -0.39 is 0 Å². The van der Waals surface area contributed by atoms with Crippen molar-refractivity contribution in [2.75, 3.05) is 0 Å². The average molecular weight is 149 g/mol. The van der Waals surface area contributed by atoms with Gasteiger partial charge in [0, 0.05) is 11.8 Å². The minimum Gasteiger partial charge on any atom is -0.300 e. The second-order valence-corrected chi connectivity index (χ2v) is 3.12. The van der Waals surface area contributed by atoms with Crippen molar-refractivity contribution in [3.05, 3.63) is 0 Å². The molecule has 0 saturated carbocycles. The normalized spacial score (nSPS) is 13.2. The summed E-state index contributed by atoms with van der Waals surface area (Å²) in [5.74, 6) is 0.257. The van der Waals surface area contributed by atoms with Gasteiger partial charge in [-0.1, -0.05) is 0 Å². The van der Waals surface area contributed by atoms with Gasteiger partial charge in [0.15, 0.2) is 0 Å². The Bertz CT molecular complexity index is 88.9. The van der Waals surface area contributed by atoms with Gasteiger partial charge >= 0.3 is 0 Å². The average Bonchev–Trinajstić information content (AvgIpc) is 1.63. The zero-order chi connectivity index (χ0) is 7.28. The van der Waals surface area contributed by atoms with E-state index in [2.05, 4.69) is 0 Å². The Kier molecular flexibility index (Phi) is 4.78. The number of hydrogen-bond acceptors (Lipinski definition) is 1. The maximum atomic E-state index is 10.4. The van der Waals surface area contributed by atoms with E-state index in [0.717, 1.165) is 12.8 Å². The van der Waals surface area contributed by atoms with Gasteiger partial charge in [-0.15, -0.1) is 11.6 Å². The molecule has 0 aromatic rings. The molecular weight excluding hydrogens is 136 g/mol. The number of carbonyl (C=O) groups is 1. The zero-order valence-corrected chi connectivity index (χ0v) is 6.74. The minimum atomic E-state index is 0.212. The van der Waals surface area contributed by atoms with Crippen molar-refractivity contribution >= 4 is 17.4 Å². The quantitative estimate of drug-likeness (QED) is 0.560. The van der Waals surface area contributed by atoms with Crippen molar-refractivity contribution in [3.63, 3.8) is 0 Å². The molecule has 0 rings (SSSR count). The maximum absolute atomic E-state index is 10.4. The van der Waals surface area contributed by atoms with Crippen LogP contribution in [0.5, 0.6) is 0 Å². The highest BCUT2D eigenvalue weighted by molar-refractivity contribution is 6.20. The van der Waals surface area contributed by atoms with Gasteiger partial charge in [0.25, 0.3) is 0 Å². The van der Waals surface area contributed by atoms with Crippen LogP contribution in [0.25, 0.3) is 0 Å². The molecule has 1 unspecified atom stereocenters. The summed E-state index contributed by atoms with van der Waals surface area (Å²) >= 11 is 5.65. The van der Waals surface area contributed by atoms with Gasteiger partial charge in [0.1, 0.15) is 5.78 Å². The Balaban J connectivity index is 3.01. The summed E-state index contributed by atoms with van der Waals surface area (Å²) in [7, 11) is 0. The van der Waals surface area contributed by atoms with Gasteiger partial charge in [-0.05, 0) is 26.7 Å². The van der Waals surface area contributed by atoms with Crippen LogP contribution < -0.4 is 0 Å². The molecule has 0 aromatic heterocycles. The number of halogens is 1. The first-order chi connectivity index (χ1) is 4.13. The summed E-state index contributed by atoms with van der Waals surface area (Å²) < 4.78 is 0. The predicted molar refractivity (Wildman–Crippen MR) is 39.8 cm³/mol.